The van der Waals surface area contributed by atoms with Gasteiger partial charge >= 0.3 is 0 Å². The molecule has 20 heavy (non-hydrogen) atoms. The Morgan fingerprint density at radius 2 is 2.35 bits per heavy atom. The smallest absolute Gasteiger partial charge is 0.139 e. The van der Waals surface area contributed by atoms with Gasteiger partial charge in [0.1, 0.15) is 11.0 Å². The Hall–Kier alpha value is -1.46. The highest BCUT2D eigenvalue weighted by molar-refractivity contribution is 5.76. The molecule has 1 aromatic heterocycles. The van der Waals surface area contributed by atoms with Crippen molar-refractivity contribution < 1.29 is 9.37 Å². The van der Waals surface area contributed by atoms with E-state index in [9.17, 15) is 0 Å². The molecule has 3 rings (SSSR count). The average Bonchev–Trinajstić information content (AvgIpc) is 2.95. The monoisotopic (exact) mass is 275 g/mol. The van der Waals surface area contributed by atoms with Gasteiger partial charge in [0.25, 0.3) is 0 Å². The van der Waals surface area contributed by atoms with Gasteiger partial charge in [-0.2, -0.15) is 0 Å². The predicted molar refractivity (Wildman–Crippen MR) is 76.3 cm³/mol. The van der Waals surface area contributed by atoms with Gasteiger partial charge in [-0.15, -0.1) is 0 Å². The highest BCUT2D eigenvalue weighted by Gasteiger charge is 2.21. The van der Waals surface area contributed by atoms with Crippen LogP contribution < -0.4 is 0 Å². The normalized spacial score (nSPS) is 20.6. The molecule has 1 unspecified atom stereocenters. The molecule has 0 saturated carbocycles. The standard InChI is InChI=1S/C15H21N3O2/c1-2-9-19-13-6-4-8-18(11-13)10-12-5-3-7-14-15(12)17-20-16-14/h3,5,7,13H,2,4,6,8-11H2,1H3. The largest absolute Gasteiger partial charge is 0.377 e. The summed E-state index contributed by atoms with van der Waals surface area (Å²) in [6, 6.07) is 6.04. The van der Waals surface area contributed by atoms with Crippen molar-refractivity contribution in [3.05, 3.63) is 23.8 Å². The van der Waals surface area contributed by atoms with E-state index >= 15 is 0 Å². The van der Waals surface area contributed by atoms with E-state index < -0.39 is 0 Å². The molecule has 0 spiro atoms. The number of hydrogen-bond acceptors (Lipinski definition) is 5. The van der Waals surface area contributed by atoms with E-state index in [1.165, 1.54) is 18.4 Å². The summed E-state index contributed by atoms with van der Waals surface area (Å²) in [5.74, 6) is 0. The number of benzene rings is 1. The third-order valence-electron chi connectivity index (χ3n) is 3.78. The number of likely N-dealkylation sites (tertiary alicyclic amines) is 1. The molecule has 0 aliphatic carbocycles. The zero-order valence-corrected chi connectivity index (χ0v) is 11.9. The van der Waals surface area contributed by atoms with Crippen molar-refractivity contribution in [1.82, 2.24) is 15.2 Å². The molecule has 2 heterocycles. The van der Waals surface area contributed by atoms with Gasteiger partial charge in [-0.3, -0.25) is 4.90 Å². The van der Waals surface area contributed by atoms with Crippen LogP contribution in [0.3, 0.4) is 0 Å². The summed E-state index contributed by atoms with van der Waals surface area (Å²) in [6.45, 7) is 6.02. The quantitative estimate of drug-likeness (QED) is 0.839. The zero-order chi connectivity index (χ0) is 13.8. The Balaban J connectivity index is 1.66. The summed E-state index contributed by atoms with van der Waals surface area (Å²) < 4.78 is 10.7. The lowest BCUT2D eigenvalue weighted by Crippen LogP contribution is -2.39. The van der Waals surface area contributed by atoms with Crippen LogP contribution in [0, 0.1) is 0 Å². The van der Waals surface area contributed by atoms with Crippen molar-refractivity contribution in [2.45, 2.75) is 38.8 Å². The second-order valence-corrected chi connectivity index (χ2v) is 5.42. The first-order chi connectivity index (χ1) is 9.86. The van der Waals surface area contributed by atoms with Gasteiger partial charge in [0.05, 0.1) is 6.10 Å². The molecule has 5 nitrogen and oxygen atoms in total. The first kappa shape index (κ1) is 13.5. The Morgan fingerprint density at radius 3 is 3.25 bits per heavy atom. The fourth-order valence-corrected chi connectivity index (χ4v) is 2.81. The molecule has 1 aliphatic rings. The highest BCUT2D eigenvalue weighted by Crippen LogP contribution is 2.20. The van der Waals surface area contributed by atoms with E-state index in [1.807, 2.05) is 12.1 Å². The highest BCUT2D eigenvalue weighted by atomic mass is 16.6. The number of fused-ring (bicyclic) bond motifs is 1. The fourth-order valence-electron chi connectivity index (χ4n) is 2.81. The summed E-state index contributed by atoms with van der Waals surface area (Å²) in [5.41, 5.74) is 2.89. The molecule has 0 N–H and O–H groups in total. The molecule has 2 aromatic rings. The van der Waals surface area contributed by atoms with Crippen molar-refractivity contribution in [2.75, 3.05) is 19.7 Å². The first-order valence-corrected chi connectivity index (χ1v) is 7.41. The SMILES string of the molecule is CCCOC1CCCN(Cc2cccc3nonc23)C1. The molecule has 1 fully saturated rings. The van der Waals surface area contributed by atoms with Crippen LogP contribution in [0.2, 0.25) is 0 Å². The molecule has 1 saturated heterocycles. The summed E-state index contributed by atoms with van der Waals surface area (Å²) in [6.07, 6.45) is 3.83. The molecule has 1 aromatic carbocycles. The van der Waals surface area contributed by atoms with Crippen molar-refractivity contribution in [2.24, 2.45) is 0 Å². The third-order valence-corrected chi connectivity index (χ3v) is 3.78. The van der Waals surface area contributed by atoms with Gasteiger partial charge in [-0.05, 0) is 47.8 Å². The van der Waals surface area contributed by atoms with Crippen LogP contribution >= 0.6 is 0 Å². The summed E-state index contributed by atoms with van der Waals surface area (Å²) in [5, 5.41) is 7.91. The van der Waals surface area contributed by atoms with Gasteiger partial charge in [0.2, 0.25) is 0 Å². The summed E-state index contributed by atoms with van der Waals surface area (Å²) >= 11 is 0. The van der Waals surface area contributed by atoms with Crippen molar-refractivity contribution in [3.63, 3.8) is 0 Å². The van der Waals surface area contributed by atoms with Crippen molar-refractivity contribution in [1.29, 1.82) is 0 Å². The molecule has 0 radical (unpaired) electrons. The minimum atomic E-state index is 0.373. The number of piperidine rings is 1. The number of nitrogens with zero attached hydrogens (tertiary/aromatic N) is 3. The van der Waals surface area contributed by atoms with E-state index in [1.54, 1.807) is 0 Å². The third kappa shape index (κ3) is 2.99. The topological polar surface area (TPSA) is 51.4 Å². The van der Waals surface area contributed by atoms with E-state index in [2.05, 4.69) is 28.2 Å². The lowest BCUT2D eigenvalue weighted by molar-refractivity contribution is -0.00214. The van der Waals surface area contributed by atoms with Gasteiger partial charge in [-0.1, -0.05) is 19.1 Å². The first-order valence-electron chi connectivity index (χ1n) is 7.41. The van der Waals surface area contributed by atoms with Crippen LogP contribution in [0.25, 0.3) is 11.0 Å². The summed E-state index contributed by atoms with van der Waals surface area (Å²) in [4.78, 5) is 2.44. The molecule has 1 atom stereocenters. The maximum absolute atomic E-state index is 5.88. The van der Waals surface area contributed by atoms with Crippen LogP contribution in [0.5, 0.6) is 0 Å². The Kier molecular flexibility index (Phi) is 4.28. The van der Waals surface area contributed by atoms with Crippen molar-refractivity contribution in [3.8, 4) is 0 Å². The molecular weight excluding hydrogens is 254 g/mol. The molecule has 1 aliphatic heterocycles. The van der Waals surface area contributed by atoms with E-state index in [0.29, 0.717) is 6.10 Å². The molecule has 0 amide bonds. The fraction of sp³-hybridized carbons (Fsp3) is 0.600. The molecule has 108 valence electrons. The van der Waals surface area contributed by atoms with Gasteiger partial charge in [0, 0.05) is 19.7 Å². The average molecular weight is 275 g/mol. The zero-order valence-electron chi connectivity index (χ0n) is 11.9. The van der Waals surface area contributed by atoms with Crippen LogP contribution in [0.15, 0.2) is 22.8 Å². The minimum absolute atomic E-state index is 0.373. The number of hydrogen-bond donors (Lipinski definition) is 0. The Labute approximate surface area is 118 Å². The summed E-state index contributed by atoms with van der Waals surface area (Å²) in [7, 11) is 0. The predicted octanol–water partition coefficient (Wildman–Crippen LogP) is 2.61. The minimum Gasteiger partial charge on any atom is -0.377 e. The number of aromatic nitrogens is 2. The molecular formula is C15H21N3O2. The van der Waals surface area contributed by atoms with Gasteiger partial charge in [0.15, 0.2) is 0 Å². The Morgan fingerprint density at radius 1 is 1.40 bits per heavy atom. The second kappa shape index (κ2) is 6.33. The Bertz CT molecular complexity index is 555. The second-order valence-electron chi connectivity index (χ2n) is 5.42. The van der Waals surface area contributed by atoms with E-state index in [0.717, 1.165) is 43.7 Å². The van der Waals surface area contributed by atoms with Gasteiger partial charge < -0.3 is 4.74 Å². The van der Waals surface area contributed by atoms with E-state index in [-0.39, 0.29) is 0 Å². The number of ether oxygens (including phenoxy) is 1. The van der Waals surface area contributed by atoms with Crippen LogP contribution in [-0.2, 0) is 11.3 Å². The van der Waals surface area contributed by atoms with Gasteiger partial charge in [-0.25, -0.2) is 4.63 Å². The lowest BCUT2D eigenvalue weighted by atomic mass is 10.1. The molecule has 5 heteroatoms. The van der Waals surface area contributed by atoms with E-state index in [4.69, 9.17) is 9.37 Å². The maximum Gasteiger partial charge on any atom is 0.139 e. The lowest BCUT2D eigenvalue weighted by Gasteiger charge is -2.32. The van der Waals surface area contributed by atoms with Crippen LogP contribution in [0.1, 0.15) is 31.7 Å². The van der Waals surface area contributed by atoms with Crippen LogP contribution in [0.4, 0.5) is 0 Å². The number of rotatable bonds is 5. The molecule has 0 bridgehead atoms. The van der Waals surface area contributed by atoms with Crippen LogP contribution in [-0.4, -0.2) is 41.0 Å². The van der Waals surface area contributed by atoms with Crippen molar-refractivity contribution >= 4 is 11.0 Å². The maximum atomic E-state index is 5.88.